The zero-order chi connectivity index (χ0) is 10.8. The lowest BCUT2D eigenvalue weighted by Gasteiger charge is -2.01. The van der Waals surface area contributed by atoms with E-state index in [1.54, 1.807) is 18.2 Å². The van der Waals surface area contributed by atoms with E-state index < -0.39 is 0 Å². The highest BCUT2D eigenvalue weighted by Crippen LogP contribution is 2.29. The summed E-state index contributed by atoms with van der Waals surface area (Å²) in [6.45, 7) is 0.360. The van der Waals surface area contributed by atoms with Gasteiger partial charge < -0.3 is 5.73 Å². The van der Waals surface area contributed by atoms with Gasteiger partial charge in [0, 0.05) is 16.7 Å². The Labute approximate surface area is 94.6 Å². The predicted octanol–water partition coefficient (Wildman–Crippen LogP) is 2.44. The Morgan fingerprint density at radius 3 is 2.87 bits per heavy atom. The molecule has 0 aliphatic rings. The number of aromatic nitrogens is 2. The van der Waals surface area contributed by atoms with Crippen LogP contribution in [-0.2, 0) is 6.54 Å². The Kier molecular flexibility index (Phi) is 2.83. The van der Waals surface area contributed by atoms with Gasteiger partial charge in [0.2, 0.25) is 0 Å². The number of H-pyrrole nitrogens is 1. The number of nitrogens with one attached hydrogen (secondary N) is 1. The van der Waals surface area contributed by atoms with Crippen molar-refractivity contribution in [1.82, 2.24) is 10.2 Å². The van der Waals surface area contributed by atoms with Gasteiger partial charge in [0.15, 0.2) is 0 Å². The number of benzene rings is 1. The van der Waals surface area contributed by atoms with E-state index in [0.29, 0.717) is 22.3 Å². The van der Waals surface area contributed by atoms with Gasteiger partial charge in [0.25, 0.3) is 0 Å². The summed E-state index contributed by atoms with van der Waals surface area (Å²) in [6.07, 6.45) is 0. The zero-order valence-corrected chi connectivity index (χ0v) is 9.38. The maximum Gasteiger partial charge on any atom is 0.133 e. The molecule has 0 saturated carbocycles. The molecular weight excluding hydrogens is 261 g/mol. The maximum atomic E-state index is 13.5. The molecule has 3 nitrogen and oxygen atoms in total. The summed E-state index contributed by atoms with van der Waals surface area (Å²) in [5, 5.41) is 6.75. The van der Waals surface area contributed by atoms with Gasteiger partial charge >= 0.3 is 0 Å². The number of aromatic amines is 1. The monoisotopic (exact) mass is 269 g/mol. The van der Waals surface area contributed by atoms with Gasteiger partial charge in [-0.05, 0) is 34.1 Å². The molecule has 1 aromatic carbocycles. The minimum absolute atomic E-state index is 0.306. The van der Waals surface area contributed by atoms with Gasteiger partial charge in [-0.3, -0.25) is 5.10 Å². The molecule has 0 spiro atoms. The third-order valence-corrected chi connectivity index (χ3v) is 2.73. The van der Waals surface area contributed by atoms with Crippen molar-refractivity contribution in [2.75, 3.05) is 0 Å². The Morgan fingerprint density at radius 2 is 2.27 bits per heavy atom. The van der Waals surface area contributed by atoms with Crippen LogP contribution < -0.4 is 5.73 Å². The highest BCUT2D eigenvalue weighted by Gasteiger charge is 2.11. The van der Waals surface area contributed by atoms with E-state index in [1.165, 1.54) is 6.07 Å². The second-order valence-electron chi connectivity index (χ2n) is 3.08. The maximum absolute atomic E-state index is 13.5. The van der Waals surface area contributed by atoms with Crippen LogP contribution in [0.5, 0.6) is 0 Å². The molecule has 78 valence electrons. The molecule has 2 rings (SSSR count). The average molecular weight is 270 g/mol. The molecule has 0 aliphatic carbocycles. The lowest BCUT2D eigenvalue weighted by atomic mass is 10.1. The van der Waals surface area contributed by atoms with E-state index in [-0.39, 0.29) is 5.82 Å². The molecule has 0 fully saturated rings. The second-order valence-corrected chi connectivity index (χ2v) is 3.93. The van der Waals surface area contributed by atoms with Gasteiger partial charge in [0.1, 0.15) is 5.82 Å². The van der Waals surface area contributed by atoms with Gasteiger partial charge in [-0.2, -0.15) is 5.10 Å². The zero-order valence-electron chi connectivity index (χ0n) is 7.80. The first-order valence-corrected chi connectivity index (χ1v) is 5.20. The number of nitrogens with zero attached hydrogens (tertiary/aromatic N) is 1. The molecule has 15 heavy (non-hydrogen) atoms. The fraction of sp³-hybridized carbons (Fsp3) is 0.100. The van der Waals surface area contributed by atoms with Crippen LogP contribution in [0.4, 0.5) is 4.39 Å². The van der Waals surface area contributed by atoms with E-state index >= 15 is 0 Å². The Hall–Kier alpha value is -1.20. The summed E-state index contributed by atoms with van der Waals surface area (Å²) in [7, 11) is 0. The molecule has 0 atom stereocenters. The van der Waals surface area contributed by atoms with Crippen LogP contribution in [0.15, 0.2) is 28.7 Å². The topological polar surface area (TPSA) is 54.7 Å². The number of halogens is 2. The lowest BCUT2D eigenvalue weighted by molar-refractivity contribution is 0.630. The highest BCUT2D eigenvalue weighted by molar-refractivity contribution is 9.10. The van der Waals surface area contributed by atoms with Crippen molar-refractivity contribution in [3.8, 4) is 11.3 Å². The fourth-order valence-corrected chi connectivity index (χ4v) is 1.88. The van der Waals surface area contributed by atoms with E-state index in [1.807, 2.05) is 0 Å². The van der Waals surface area contributed by atoms with Crippen molar-refractivity contribution < 1.29 is 4.39 Å². The molecule has 0 aliphatic heterocycles. The van der Waals surface area contributed by atoms with Gasteiger partial charge in [-0.15, -0.1) is 0 Å². The summed E-state index contributed by atoms with van der Waals surface area (Å²) in [5.74, 6) is -0.306. The summed E-state index contributed by atoms with van der Waals surface area (Å²) in [5.41, 5.74) is 7.23. The molecule has 5 heteroatoms. The number of nitrogens with two attached hydrogens (primary N) is 1. The molecule has 0 bridgehead atoms. The molecule has 1 aromatic heterocycles. The molecule has 2 aromatic rings. The van der Waals surface area contributed by atoms with E-state index in [2.05, 4.69) is 26.1 Å². The van der Waals surface area contributed by atoms with Gasteiger partial charge in [0.05, 0.1) is 11.3 Å². The summed E-state index contributed by atoms with van der Waals surface area (Å²) >= 11 is 3.29. The molecule has 0 saturated heterocycles. The molecular formula is C10H9BrFN3. The quantitative estimate of drug-likeness (QED) is 0.880. The Morgan fingerprint density at radius 1 is 1.47 bits per heavy atom. The predicted molar refractivity (Wildman–Crippen MR) is 59.6 cm³/mol. The molecule has 0 radical (unpaired) electrons. The molecule has 0 amide bonds. The summed E-state index contributed by atoms with van der Waals surface area (Å²) in [6, 6.07) is 6.55. The highest BCUT2D eigenvalue weighted by atomic mass is 79.9. The normalized spacial score (nSPS) is 10.6. The van der Waals surface area contributed by atoms with Crippen LogP contribution in [0, 0.1) is 5.82 Å². The lowest BCUT2D eigenvalue weighted by Crippen LogP contribution is -1.95. The number of rotatable bonds is 2. The van der Waals surface area contributed by atoms with Crippen molar-refractivity contribution in [1.29, 1.82) is 0 Å². The van der Waals surface area contributed by atoms with E-state index in [4.69, 9.17) is 5.73 Å². The summed E-state index contributed by atoms with van der Waals surface area (Å²) < 4.78 is 14.2. The second kappa shape index (κ2) is 4.12. The third kappa shape index (κ3) is 1.93. The third-order valence-electron chi connectivity index (χ3n) is 2.07. The molecule has 1 heterocycles. The van der Waals surface area contributed by atoms with Crippen molar-refractivity contribution in [3.05, 3.63) is 40.2 Å². The first-order chi connectivity index (χ1) is 7.22. The van der Waals surface area contributed by atoms with Crippen LogP contribution in [0.3, 0.4) is 0 Å². The van der Waals surface area contributed by atoms with Gasteiger partial charge in [-0.1, -0.05) is 6.07 Å². The largest absolute Gasteiger partial charge is 0.325 e. The van der Waals surface area contributed by atoms with Crippen LogP contribution in [0.1, 0.15) is 5.69 Å². The van der Waals surface area contributed by atoms with Crippen molar-refractivity contribution in [3.63, 3.8) is 0 Å². The van der Waals surface area contributed by atoms with E-state index in [9.17, 15) is 4.39 Å². The van der Waals surface area contributed by atoms with Gasteiger partial charge in [-0.25, -0.2) is 4.39 Å². The molecule has 0 unspecified atom stereocenters. The van der Waals surface area contributed by atoms with Crippen molar-refractivity contribution >= 4 is 15.9 Å². The Balaban J connectivity index is 2.53. The van der Waals surface area contributed by atoms with Crippen molar-refractivity contribution in [2.24, 2.45) is 5.73 Å². The SMILES string of the molecule is NCc1cc(-c2c(F)cccc2Br)n[nH]1. The van der Waals surface area contributed by atoms with Crippen LogP contribution in [-0.4, -0.2) is 10.2 Å². The van der Waals surface area contributed by atoms with Crippen molar-refractivity contribution in [2.45, 2.75) is 6.54 Å². The van der Waals surface area contributed by atoms with E-state index in [0.717, 1.165) is 5.69 Å². The molecule has 3 N–H and O–H groups in total. The fourth-order valence-electron chi connectivity index (χ4n) is 1.34. The van der Waals surface area contributed by atoms with Crippen LogP contribution >= 0.6 is 15.9 Å². The van der Waals surface area contributed by atoms with Crippen LogP contribution in [0.25, 0.3) is 11.3 Å². The standard InChI is InChI=1S/C10H9BrFN3/c11-7-2-1-3-8(12)10(7)9-4-6(5-13)14-15-9/h1-4H,5,13H2,(H,14,15). The Bertz CT molecular complexity index is 461. The number of hydrogen-bond donors (Lipinski definition) is 2. The average Bonchev–Trinajstić information content (AvgIpc) is 2.66. The number of hydrogen-bond acceptors (Lipinski definition) is 2. The van der Waals surface area contributed by atoms with Crippen LogP contribution in [0.2, 0.25) is 0 Å². The minimum atomic E-state index is -0.306. The minimum Gasteiger partial charge on any atom is -0.325 e. The smallest absolute Gasteiger partial charge is 0.133 e. The summed E-state index contributed by atoms with van der Waals surface area (Å²) in [4.78, 5) is 0. The first-order valence-electron chi connectivity index (χ1n) is 4.41. The first kappa shape index (κ1) is 10.3.